The van der Waals surface area contributed by atoms with Gasteiger partial charge in [0.1, 0.15) is 19.5 Å². The number of ketones is 1. The summed E-state index contributed by atoms with van der Waals surface area (Å²) in [5.41, 5.74) is 1.02. The van der Waals surface area contributed by atoms with E-state index in [0.717, 1.165) is 5.38 Å². The molecule has 0 saturated heterocycles. The van der Waals surface area contributed by atoms with E-state index in [4.69, 9.17) is 4.42 Å². The first kappa shape index (κ1) is 13.6. The van der Waals surface area contributed by atoms with Crippen molar-refractivity contribution >= 4 is 30.2 Å². The van der Waals surface area contributed by atoms with Gasteiger partial charge in [0, 0.05) is 16.4 Å². The fourth-order valence-electron chi connectivity index (χ4n) is 2.83. The molecule has 4 heteroatoms. The molecular weight excluding hydrogens is 271 g/mol. The Labute approximate surface area is 119 Å². The molecule has 0 bridgehead atoms. The molecule has 0 spiro atoms. The van der Waals surface area contributed by atoms with Crippen molar-refractivity contribution in [3.8, 4) is 0 Å². The van der Waals surface area contributed by atoms with Gasteiger partial charge in [0.25, 0.3) is 0 Å². The molecule has 0 atom stereocenters. The van der Waals surface area contributed by atoms with Crippen molar-refractivity contribution in [2.45, 2.75) is 39.9 Å². The lowest BCUT2D eigenvalue weighted by Crippen LogP contribution is -2.36. The molecule has 1 aromatic carbocycles. The zero-order valence-electron chi connectivity index (χ0n) is 12.6. The average molecular weight is 290 g/mol. The van der Waals surface area contributed by atoms with Gasteiger partial charge in [0.05, 0.1) is 10.9 Å². The number of carbonyl (C=O) groups excluding carboxylic acids is 1. The van der Waals surface area contributed by atoms with Gasteiger partial charge in [-0.05, 0) is 18.6 Å². The van der Waals surface area contributed by atoms with E-state index in [1.807, 2.05) is 19.9 Å². The minimum atomic E-state index is -1.62. The van der Waals surface area contributed by atoms with Gasteiger partial charge in [-0.25, -0.2) is 4.39 Å². The first-order chi connectivity index (χ1) is 9.11. The van der Waals surface area contributed by atoms with Gasteiger partial charge in [-0.1, -0.05) is 33.5 Å². The Kier molecular flexibility index (Phi) is 2.59. The molecule has 1 aromatic heterocycles. The molecule has 106 valence electrons. The van der Waals surface area contributed by atoms with Gasteiger partial charge < -0.3 is 4.42 Å². The molecule has 0 unspecified atom stereocenters. The number of benzene rings is 1. The number of halogens is 1. The van der Waals surface area contributed by atoms with Crippen LogP contribution in [-0.2, 0) is 6.42 Å². The highest BCUT2D eigenvalue weighted by Crippen LogP contribution is 2.41. The normalized spacial score (nSPS) is 17.8. The predicted molar refractivity (Wildman–Crippen MR) is 81.0 cm³/mol. The minimum absolute atomic E-state index is 0.00604. The molecule has 0 amide bonds. The van der Waals surface area contributed by atoms with Crippen LogP contribution in [-0.4, -0.2) is 13.9 Å². The first-order valence-corrected chi connectivity index (χ1v) is 10.4. The van der Waals surface area contributed by atoms with E-state index in [-0.39, 0.29) is 11.6 Å². The van der Waals surface area contributed by atoms with Crippen molar-refractivity contribution in [1.82, 2.24) is 0 Å². The molecule has 0 saturated carbocycles. The monoisotopic (exact) mass is 290 g/mol. The average Bonchev–Trinajstić information content (AvgIpc) is 2.80. The summed E-state index contributed by atoms with van der Waals surface area (Å²) >= 11 is 0. The highest BCUT2D eigenvalue weighted by Gasteiger charge is 2.41. The van der Waals surface area contributed by atoms with Gasteiger partial charge >= 0.3 is 0 Å². The lowest BCUT2D eigenvalue weighted by Gasteiger charge is -2.13. The smallest absolute Gasteiger partial charge is 0.172 e. The van der Waals surface area contributed by atoms with Crippen LogP contribution in [0.5, 0.6) is 0 Å². The topological polar surface area (TPSA) is 30.2 Å². The molecule has 1 heterocycles. The summed E-state index contributed by atoms with van der Waals surface area (Å²) in [6.07, 6.45) is 0.450. The second-order valence-electron chi connectivity index (χ2n) is 7.38. The quantitative estimate of drug-likeness (QED) is 0.746. The molecule has 2 nitrogen and oxygen atoms in total. The van der Waals surface area contributed by atoms with E-state index in [1.165, 1.54) is 6.07 Å². The van der Waals surface area contributed by atoms with Crippen molar-refractivity contribution in [2.75, 3.05) is 0 Å². The van der Waals surface area contributed by atoms with Crippen molar-refractivity contribution < 1.29 is 13.6 Å². The summed E-state index contributed by atoms with van der Waals surface area (Å²) in [4.78, 5) is 12.5. The standard InChI is InChI=1S/C16H19FO2Si/c1-16(2)8-10-11(17)6-9-7-12(20(3,4)5)19-14(9)13(10)15(16)18/h6-7H,8H2,1-5H3. The second kappa shape index (κ2) is 3.82. The zero-order chi connectivity index (χ0) is 14.9. The number of furan rings is 1. The largest absolute Gasteiger partial charge is 0.465 e. The molecule has 20 heavy (non-hydrogen) atoms. The Morgan fingerprint density at radius 2 is 1.90 bits per heavy atom. The molecule has 0 aliphatic heterocycles. The van der Waals surface area contributed by atoms with Crippen LogP contribution in [0.1, 0.15) is 29.8 Å². The van der Waals surface area contributed by atoms with Crippen LogP contribution in [0.4, 0.5) is 4.39 Å². The number of carbonyl (C=O) groups is 1. The van der Waals surface area contributed by atoms with Crippen LogP contribution < -0.4 is 5.38 Å². The molecule has 0 radical (unpaired) electrons. The Morgan fingerprint density at radius 3 is 2.50 bits per heavy atom. The number of Topliss-reactive ketones (excluding diaryl/α,β-unsaturated/α-hetero) is 1. The van der Waals surface area contributed by atoms with E-state index in [1.54, 1.807) is 0 Å². The van der Waals surface area contributed by atoms with Crippen LogP contribution in [0.15, 0.2) is 16.5 Å². The molecule has 2 aromatic rings. The Morgan fingerprint density at radius 1 is 1.25 bits per heavy atom. The minimum Gasteiger partial charge on any atom is -0.465 e. The number of fused-ring (bicyclic) bond motifs is 3. The fourth-order valence-corrected chi connectivity index (χ4v) is 3.83. The summed E-state index contributed by atoms with van der Waals surface area (Å²) in [5.74, 6) is -0.289. The van der Waals surface area contributed by atoms with Crippen LogP contribution in [0.3, 0.4) is 0 Å². The molecule has 1 aliphatic rings. The van der Waals surface area contributed by atoms with Gasteiger partial charge in [0.15, 0.2) is 5.78 Å². The SMILES string of the molecule is CC1(C)Cc2c(F)cc3cc([Si](C)(C)C)oc3c2C1=O. The van der Waals surface area contributed by atoms with E-state index >= 15 is 0 Å². The second-order valence-corrected chi connectivity index (χ2v) is 12.4. The molecule has 0 fully saturated rings. The van der Waals surface area contributed by atoms with Crippen molar-refractivity contribution in [3.05, 3.63) is 29.1 Å². The predicted octanol–water partition coefficient (Wildman–Crippen LogP) is 3.88. The van der Waals surface area contributed by atoms with E-state index in [9.17, 15) is 9.18 Å². The molecule has 0 N–H and O–H groups in total. The van der Waals surface area contributed by atoms with Gasteiger partial charge in [0.2, 0.25) is 0 Å². The van der Waals surface area contributed by atoms with Crippen molar-refractivity contribution in [3.63, 3.8) is 0 Å². The Bertz CT molecular complexity index is 735. The molecular formula is C16H19FO2Si. The number of hydrogen-bond donors (Lipinski definition) is 0. The zero-order valence-corrected chi connectivity index (χ0v) is 13.6. The molecule has 3 rings (SSSR count). The lowest BCUT2D eigenvalue weighted by atomic mass is 9.89. The maximum Gasteiger partial charge on any atom is 0.172 e. The maximum absolute atomic E-state index is 14.3. The van der Waals surface area contributed by atoms with Crippen LogP contribution in [0.2, 0.25) is 19.6 Å². The summed E-state index contributed by atoms with van der Waals surface area (Å²) in [7, 11) is -1.62. The summed E-state index contributed by atoms with van der Waals surface area (Å²) in [5, 5.41) is 1.63. The Balaban J connectivity index is 2.34. The summed E-state index contributed by atoms with van der Waals surface area (Å²) in [6, 6.07) is 3.42. The van der Waals surface area contributed by atoms with E-state index in [0.29, 0.717) is 28.5 Å². The summed E-state index contributed by atoms with van der Waals surface area (Å²) < 4.78 is 20.2. The maximum atomic E-state index is 14.3. The van der Waals surface area contributed by atoms with E-state index in [2.05, 4.69) is 19.6 Å². The van der Waals surface area contributed by atoms with Gasteiger partial charge in [-0.2, -0.15) is 0 Å². The third-order valence-corrected chi connectivity index (χ3v) is 5.78. The van der Waals surface area contributed by atoms with Gasteiger partial charge in [-0.15, -0.1) is 0 Å². The van der Waals surface area contributed by atoms with E-state index < -0.39 is 13.5 Å². The highest BCUT2D eigenvalue weighted by molar-refractivity contribution is 6.87. The third-order valence-electron chi connectivity index (χ3n) is 4.06. The fraction of sp³-hybridized carbons (Fsp3) is 0.438. The molecule has 1 aliphatic carbocycles. The van der Waals surface area contributed by atoms with Crippen LogP contribution >= 0.6 is 0 Å². The van der Waals surface area contributed by atoms with Gasteiger partial charge in [-0.3, -0.25) is 4.79 Å². The first-order valence-electron chi connectivity index (χ1n) is 6.91. The van der Waals surface area contributed by atoms with Crippen molar-refractivity contribution in [1.29, 1.82) is 0 Å². The number of rotatable bonds is 1. The third kappa shape index (κ3) is 1.78. The van der Waals surface area contributed by atoms with Crippen molar-refractivity contribution in [2.24, 2.45) is 5.41 Å². The highest BCUT2D eigenvalue weighted by atomic mass is 28.3. The summed E-state index contributed by atoms with van der Waals surface area (Å²) in [6.45, 7) is 10.2. The van der Waals surface area contributed by atoms with Crippen LogP contribution in [0.25, 0.3) is 11.0 Å². The lowest BCUT2D eigenvalue weighted by molar-refractivity contribution is 0.0864. The van der Waals surface area contributed by atoms with Crippen LogP contribution in [0, 0.1) is 11.2 Å². The Hall–Kier alpha value is -1.42. The number of hydrogen-bond acceptors (Lipinski definition) is 2.